The first kappa shape index (κ1) is 49.9. The summed E-state index contributed by atoms with van der Waals surface area (Å²) in [5.41, 5.74) is 0. The normalized spacial score (nSPS) is 17.4. The lowest BCUT2D eigenvalue weighted by molar-refractivity contribution is 0.719. The van der Waals surface area contributed by atoms with Gasteiger partial charge in [-0.2, -0.15) is 0 Å². The van der Waals surface area contributed by atoms with Crippen molar-refractivity contribution in [2.45, 2.75) is 233 Å². The zero-order valence-electron chi connectivity index (χ0n) is 38.3. The summed E-state index contributed by atoms with van der Waals surface area (Å²) in [5, 5.41) is 1.99. The van der Waals surface area contributed by atoms with Gasteiger partial charge in [0, 0.05) is 45.5 Å². The number of rotatable bonds is 8. The zero-order valence-corrected chi connectivity index (χ0v) is 50.4. The maximum Gasteiger partial charge on any atom is 0.168 e. The second-order valence-electron chi connectivity index (χ2n) is 25.3. The number of hydrogen-bond acceptors (Lipinski definition) is 0. The fourth-order valence-corrected chi connectivity index (χ4v) is 561. The molecule has 0 unspecified atom stereocenters. The lowest BCUT2D eigenvalue weighted by atomic mass is 10.2. The van der Waals surface area contributed by atoms with Crippen molar-refractivity contribution in [3.63, 3.8) is 0 Å². The Hall–Kier alpha value is 2.91. The quantitative estimate of drug-likeness (QED) is 0.168. The van der Waals surface area contributed by atoms with Crippen LogP contribution in [0.3, 0.4) is 0 Å². The van der Waals surface area contributed by atoms with Crippen LogP contribution in [0.4, 0.5) is 0 Å². The van der Waals surface area contributed by atoms with Gasteiger partial charge in [0.05, 0.1) is 12.3 Å². The molecule has 0 aromatic carbocycles. The van der Waals surface area contributed by atoms with Gasteiger partial charge in [0.1, 0.15) is 0 Å². The van der Waals surface area contributed by atoms with Crippen LogP contribution in [0.1, 0.15) is 125 Å². The van der Waals surface area contributed by atoms with Gasteiger partial charge in [-0.05, 0) is 30.2 Å². The Balaban J connectivity index is 10.6. The smallest absolute Gasteiger partial charge is 0.120 e. The highest BCUT2D eigenvalue weighted by Gasteiger charge is 2.90. The van der Waals surface area contributed by atoms with Crippen LogP contribution in [-0.4, -0.2) is 62.2 Å². The highest BCUT2D eigenvalue weighted by molar-refractivity contribution is 9.57. The Morgan fingerprint density at radius 1 is 0.234 bits per heavy atom. The molecule has 11 heteroatoms. The summed E-state index contributed by atoms with van der Waals surface area (Å²) in [4.78, 5) is 0. The molecule has 0 bridgehead atoms. The van der Waals surface area contributed by atoms with Crippen LogP contribution in [-0.2, 0) is 0 Å². The second-order valence-corrected chi connectivity index (χ2v) is 142. The van der Waals surface area contributed by atoms with Crippen LogP contribution in [0.15, 0.2) is 0 Å². The van der Waals surface area contributed by atoms with E-state index in [1.165, 1.54) is 0 Å². The van der Waals surface area contributed by atoms with Crippen molar-refractivity contribution in [1.82, 2.24) is 0 Å². The monoisotopic (exact) mass is 932 g/mol. The summed E-state index contributed by atoms with van der Waals surface area (Å²) < 4.78 is -2.46. The molecule has 0 heterocycles. The van der Waals surface area contributed by atoms with E-state index in [0.29, 0.717) is 30.2 Å². The summed E-state index contributed by atoms with van der Waals surface area (Å²) in [5.74, 6) is 0. The van der Waals surface area contributed by atoms with Crippen molar-refractivity contribution in [3.05, 3.63) is 0 Å². The first-order valence-electron chi connectivity index (χ1n) is 18.9. The highest BCUT2D eigenvalue weighted by atomic mass is 79.9. The van der Waals surface area contributed by atoms with Crippen molar-refractivity contribution in [2.75, 3.05) is 0 Å². The molecule has 0 saturated carbocycles. The van der Waals surface area contributed by atoms with Crippen molar-refractivity contribution in [1.29, 1.82) is 0 Å². The Kier molecular flexibility index (Phi) is 13.8. The average Bonchev–Trinajstić information content (AvgIpc) is 2.67. The fraction of sp³-hybridized carbons (Fsp3) is 1.00. The molecule has 47 heavy (non-hydrogen) atoms. The molecule has 0 aliphatic rings. The summed E-state index contributed by atoms with van der Waals surface area (Å²) in [6.07, 6.45) is -4.52. The minimum Gasteiger partial charge on any atom is -0.120 e. The van der Waals surface area contributed by atoms with Crippen LogP contribution < -0.4 is 0 Å². The van der Waals surface area contributed by atoms with Crippen LogP contribution in [0, 0.1) is 0 Å². The SMILES string of the molecule is CC(C)(C)[Si](C)(C)[Si]([Si](C)(C)C(C)(C)C)([Si](C)(C)C(C)(C)C)[Si](Br)(Br)[Si]([Si](C)(C)C(C)(C)C)([Si](C)(C)C(C)(C)C)[Si](C)(C)C(C)(C)C. The Morgan fingerprint density at radius 2 is 0.319 bits per heavy atom. The van der Waals surface area contributed by atoms with E-state index in [-0.39, 0.29) is 0 Å². The van der Waals surface area contributed by atoms with E-state index >= 15 is 0 Å². The number of hydrogen-bond donors (Lipinski definition) is 0. The van der Waals surface area contributed by atoms with Gasteiger partial charge in [-0.25, -0.2) is 0 Å². The molecule has 284 valence electrons. The zero-order chi connectivity index (χ0) is 39.5. The van der Waals surface area contributed by atoms with Crippen LogP contribution in [0.25, 0.3) is 0 Å². The molecule has 0 radical (unpaired) electrons. The lowest BCUT2D eigenvalue weighted by Crippen LogP contribution is -3.08. The third-order valence-corrected chi connectivity index (χ3v) is 309. The first-order valence-corrected chi connectivity index (χ1v) is 55.4. The van der Waals surface area contributed by atoms with Gasteiger partial charge in [0.2, 0.25) is 0 Å². The molecule has 0 aliphatic heterocycles. The molecule has 0 atom stereocenters. The predicted molar refractivity (Wildman–Crippen MR) is 258 cm³/mol. The van der Waals surface area contributed by atoms with E-state index in [9.17, 15) is 0 Å². The minimum atomic E-state index is -2.46. The Labute approximate surface area is 323 Å². The topological polar surface area (TPSA) is 0 Å². The standard InChI is InChI=1S/C36H90Br2Si9/c1-31(2,3)39(19,20)46(40(21,22)32(4,5)6,41(23,24)33(7,8)9)45(37,38)47(42(25,26)34(10,11)12,43(27,28)35(13,14)15)44(29,30)36(16,17)18/h1-30H3. The fourth-order valence-electron chi connectivity index (χ4n) is 10.7. The molecule has 0 fully saturated rings. The van der Waals surface area contributed by atoms with Crippen molar-refractivity contribution in [3.8, 4) is 0 Å². The molecule has 0 aliphatic carbocycles. The third kappa shape index (κ3) is 6.48. The molecule has 0 aromatic rings. The molecule has 0 spiro atoms. The van der Waals surface area contributed by atoms with Gasteiger partial charge in [0.15, 0.2) is 4.35 Å². The second kappa shape index (κ2) is 13.0. The van der Waals surface area contributed by atoms with Crippen molar-refractivity contribution in [2.24, 2.45) is 0 Å². The van der Waals surface area contributed by atoms with Crippen LogP contribution >= 0.6 is 30.6 Å². The summed E-state index contributed by atoms with van der Waals surface area (Å²) in [6, 6.07) is 0. The van der Waals surface area contributed by atoms with Gasteiger partial charge in [-0.1, -0.05) is 203 Å². The van der Waals surface area contributed by atoms with Crippen molar-refractivity contribution < 1.29 is 0 Å². The maximum absolute atomic E-state index is 5.59. The van der Waals surface area contributed by atoms with E-state index < -0.39 is 62.2 Å². The highest BCUT2D eigenvalue weighted by Crippen LogP contribution is 2.71. The average molecular weight is 936 g/mol. The lowest BCUT2D eigenvalue weighted by Gasteiger charge is -2.81. The summed E-state index contributed by atoms with van der Waals surface area (Å²) in [6.45, 7) is 85.1. The predicted octanol–water partition coefficient (Wildman–Crippen LogP) is 15.8. The first-order chi connectivity index (χ1) is 19.5. The Bertz CT molecular complexity index is 907. The van der Waals surface area contributed by atoms with E-state index in [4.69, 9.17) is 30.6 Å². The molecular weight excluding hydrogens is 845 g/mol. The molecule has 0 saturated heterocycles. The van der Waals surface area contributed by atoms with E-state index in [2.05, 4.69) is 203 Å². The molecule has 0 nitrogen and oxygen atoms in total. The van der Waals surface area contributed by atoms with E-state index in [0.717, 1.165) is 0 Å². The van der Waals surface area contributed by atoms with Crippen molar-refractivity contribution >= 4 is 92.8 Å². The molecule has 0 aromatic heterocycles. The summed E-state index contributed by atoms with van der Waals surface area (Å²) >= 11 is 11.2. The summed E-state index contributed by atoms with van der Waals surface area (Å²) in [7, 11) is -12.0. The molecular formula is C36H90Br2Si9. The number of halogens is 2. The van der Waals surface area contributed by atoms with E-state index in [1.54, 1.807) is 0 Å². The van der Waals surface area contributed by atoms with E-state index in [1.807, 2.05) is 0 Å². The molecule has 0 N–H and O–H groups in total. The van der Waals surface area contributed by atoms with Crippen LogP contribution in [0.5, 0.6) is 0 Å². The third-order valence-electron chi connectivity index (χ3n) is 17.8. The Morgan fingerprint density at radius 3 is 0.383 bits per heavy atom. The van der Waals surface area contributed by atoms with Gasteiger partial charge < -0.3 is 0 Å². The van der Waals surface area contributed by atoms with Gasteiger partial charge in [-0.15, -0.1) is 30.6 Å². The van der Waals surface area contributed by atoms with Crippen LogP contribution in [0.2, 0.25) is 109 Å². The maximum atomic E-state index is 5.59. The van der Waals surface area contributed by atoms with Gasteiger partial charge in [-0.3, -0.25) is 0 Å². The largest absolute Gasteiger partial charge is 0.168 e. The molecule has 0 rings (SSSR count). The van der Waals surface area contributed by atoms with Gasteiger partial charge in [0.25, 0.3) is 0 Å². The molecule has 0 amide bonds. The van der Waals surface area contributed by atoms with Gasteiger partial charge >= 0.3 is 0 Å². The minimum absolute atomic E-state index is 0.332.